The van der Waals surface area contributed by atoms with Crippen LogP contribution >= 0.6 is 23.2 Å². The minimum Gasteiger partial charge on any atom is -0.383 e. The molecule has 0 bridgehead atoms. The van der Waals surface area contributed by atoms with Crippen LogP contribution in [-0.4, -0.2) is 28.2 Å². The van der Waals surface area contributed by atoms with E-state index in [4.69, 9.17) is 27.9 Å². The number of ether oxygens (including phenoxy) is 1. The van der Waals surface area contributed by atoms with Crippen molar-refractivity contribution in [2.24, 2.45) is 0 Å². The Labute approximate surface area is 152 Å². The summed E-state index contributed by atoms with van der Waals surface area (Å²) in [5.41, 5.74) is 1.66. The van der Waals surface area contributed by atoms with Crippen LogP contribution in [0.3, 0.4) is 0 Å². The molecule has 0 aliphatic heterocycles. The van der Waals surface area contributed by atoms with E-state index in [2.05, 4.69) is 4.72 Å². The molecule has 2 rings (SSSR count). The van der Waals surface area contributed by atoms with Gasteiger partial charge in [0.05, 0.1) is 11.6 Å². The lowest BCUT2D eigenvalue weighted by Gasteiger charge is -2.19. The zero-order valence-corrected chi connectivity index (χ0v) is 15.8. The van der Waals surface area contributed by atoms with E-state index in [0.717, 1.165) is 5.56 Å². The van der Waals surface area contributed by atoms with Crippen molar-refractivity contribution in [1.82, 2.24) is 4.72 Å². The average molecular weight is 388 g/mol. The molecule has 0 radical (unpaired) electrons. The maximum atomic E-state index is 12.7. The molecular formula is C17H19Cl2NO3S. The van der Waals surface area contributed by atoms with Gasteiger partial charge in [-0.15, -0.1) is 0 Å². The number of aryl methyl sites for hydroxylation is 1. The number of nitrogens with one attached hydrogen (secondary N) is 1. The summed E-state index contributed by atoms with van der Waals surface area (Å²) in [6.07, 6.45) is 0.512. The van der Waals surface area contributed by atoms with Crippen LogP contribution in [0.25, 0.3) is 0 Å². The Balaban J connectivity index is 2.26. The quantitative estimate of drug-likeness (QED) is 0.784. The zero-order valence-electron chi connectivity index (χ0n) is 13.4. The number of halogens is 2. The fourth-order valence-corrected chi connectivity index (χ4v) is 4.41. The Bertz CT molecular complexity index is 795. The standard InChI is InChI=1S/C17H19Cl2NO3S/c1-12-8-17(16(19)10-15(12)18)24(21,22)20-14(11-23-2)9-13-6-4-3-5-7-13/h3-8,10,14,20H,9,11H2,1-2H3. The molecule has 2 aromatic carbocycles. The van der Waals surface area contributed by atoms with Gasteiger partial charge in [0.1, 0.15) is 4.90 Å². The number of sulfonamides is 1. The highest BCUT2D eigenvalue weighted by molar-refractivity contribution is 7.89. The van der Waals surface area contributed by atoms with Crippen molar-refractivity contribution in [1.29, 1.82) is 0 Å². The van der Waals surface area contributed by atoms with E-state index in [1.54, 1.807) is 6.92 Å². The SMILES string of the molecule is COCC(Cc1ccccc1)NS(=O)(=O)c1cc(C)c(Cl)cc1Cl. The molecule has 2 aromatic rings. The largest absolute Gasteiger partial charge is 0.383 e. The summed E-state index contributed by atoms with van der Waals surface area (Å²) in [6, 6.07) is 12.1. The van der Waals surface area contributed by atoms with Gasteiger partial charge >= 0.3 is 0 Å². The van der Waals surface area contributed by atoms with Gasteiger partial charge in [-0.05, 0) is 36.6 Å². The molecule has 7 heteroatoms. The molecule has 0 fully saturated rings. The molecule has 0 aliphatic carbocycles. The Morgan fingerprint density at radius 2 is 1.79 bits per heavy atom. The predicted molar refractivity (Wildman–Crippen MR) is 97.3 cm³/mol. The molecule has 0 aliphatic rings. The van der Waals surface area contributed by atoms with Gasteiger partial charge in [0, 0.05) is 18.2 Å². The first kappa shape index (κ1) is 19.2. The van der Waals surface area contributed by atoms with E-state index >= 15 is 0 Å². The Morgan fingerprint density at radius 3 is 2.42 bits per heavy atom. The van der Waals surface area contributed by atoms with Crippen molar-refractivity contribution in [3.63, 3.8) is 0 Å². The van der Waals surface area contributed by atoms with Crippen LogP contribution in [-0.2, 0) is 21.2 Å². The maximum absolute atomic E-state index is 12.7. The minimum atomic E-state index is -3.79. The van der Waals surface area contributed by atoms with Crippen molar-refractivity contribution in [2.45, 2.75) is 24.3 Å². The molecule has 0 aromatic heterocycles. The predicted octanol–water partition coefficient (Wildman–Crippen LogP) is 3.84. The van der Waals surface area contributed by atoms with Crippen molar-refractivity contribution in [2.75, 3.05) is 13.7 Å². The second kappa shape index (κ2) is 8.32. The number of benzene rings is 2. The fraction of sp³-hybridized carbons (Fsp3) is 0.294. The van der Waals surface area contributed by atoms with Gasteiger partial charge in [-0.3, -0.25) is 0 Å². The lowest BCUT2D eigenvalue weighted by molar-refractivity contribution is 0.174. The molecule has 0 saturated carbocycles. The number of rotatable bonds is 7. The van der Waals surface area contributed by atoms with Crippen molar-refractivity contribution >= 4 is 33.2 Å². The first-order chi connectivity index (χ1) is 11.3. The van der Waals surface area contributed by atoms with Gasteiger partial charge in [0.15, 0.2) is 0 Å². The molecule has 130 valence electrons. The normalized spacial score (nSPS) is 13.0. The van der Waals surface area contributed by atoms with Crippen LogP contribution < -0.4 is 4.72 Å². The summed E-state index contributed by atoms with van der Waals surface area (Å²) in [4.78, 5) is 0.0141. The van der Waals surface area contributed by atoms with E-state index in [1.165, 1.54) is 19.2 Å². The van der Waals surface area contributed by atoms with Crippen LogP contribution in [0.4, 0.5) is 0 Å². The van der Waals surface area contributed by atoms with E-state index in [0.29, 0.717) is 17.0 Å². The molecule has 1 atom stereocenters. The molecule has 1 N–H and O–H groups in total. The van der Waals surface area contributed by atoms with Gasteiger partial charge in [0.2, 0.25) is 10.0 Å². The smallest absolute Gasteiger partial charge is 0.242 e. The van der Waals surface area contributed by atoms with E-state index in [-0.39, 0.29) is 16.5 Å². The third kappa shape index (κ3) is 4.94. The molecule has 0 spiro atoms. The average Bonchev–Trinajstić information content (AvgIpc) is 2.51. The Kier molecular flexibility index (Phi) is 6.66. The molecule has 1 unspecified atom stereocenters. The van der Waals surface area contributed by atoms with Gasteiger partial charge in [-0.1, -0.05) is 53.5 Å². The summed E-state index contributed by atoms with van der Waals surface area (Å²) in [5, 5.41) is 0.519. The first-order valence-electron chi connectivity index (χ1n) is 7.34. The van der Waals surface area contributed by atoms with Crippen LogP contribution in [0.2, 0.25) is 10.0 Å². The van der Waals surface area contributed by atoms with Crippen LogP contribution in [0.15, 0.2) is 47.4 Å². The maximum Gasteiger partial charge on any atom is 0.242 e. The summed E-state index contributed by atoms with van der Waals surface area (Å²) >= 11 is 12.1. The molecule has 0 saturated heterocycles. The van der Waals surface area contributed by atoms with E-state index < -0.39 is 16.1 Å². The molecule has 0 heterocycles. The van der Waals surface area contributed by atoms with Gasteiger partial charge in [-0.25, -0.2) is 13.1 Å². The summed E-state index contributed by atoms with van der Waals surface area (Å²) in [5.74, 6) is 0. The van der Waals surface area contributed by atoms with Gasteiger partial charge < -0.3 is 4.74 Å². The highest BCUT2D eigenvalue weighted by Crippen LogP contribution is 2.28. The zero-order chi connectivity index (χ0) is 17.7. The first-order valence-corrected chi connectivity index (χ1v) is 9.58. The summed E-state index contributed by atoms with van der Waals surface area (Å²) in [6.45, 7) is 1.98. The third-order valence-electron chi connectivity index (χ3n) is 3.52. The van der Waals surface area contributed by atoms with Crippen LogP contribution in [0.5, 0.6) is 0 Å². The molecular weight excluding hydrogens is 369 g/mol. The monoisotopic (exact) mass is 387 g/mol. The van der Waals surface area contributed by atoms with E-state index in [1.807, 2.05) is 30.3 Å². The lowest BCUT2D eigenvalue weighted by Crippen LogP contribution is -2.39. The fourth-order valence-electron chi connectivity index (χ4n) is 2.35. The lowest BCUT2D eigenvalue weighted by atomic mass is 10.1. The van der Waals surface area contributed by atoms with Crippen molar-refractivity contribution in [3.05, 3.63) is 63.6 Å². The van der Waals surface area contributed by atoms with Gasteiger partial charge in [-0.2, -0.15) is 0 Å². The van der Waals surface area contributed by atoms with Gasteiger partial charge in [0.25, 0.3) is 0 Å². The second-order valence-corrected chi connectivity index (χ2v) is 7.99. The highest BCUT2D eigenvalue weighted by atomic mass is 35.5. The number of hydrogen-bond acceptors (Lipinski definition) is 3. The highest BCUT2D eigenvalue weighted by Gasteiger charge is 2.23. The minimum absolute atomic E-state index is 0.0141. The second-order valence-electron chi connectivity index (χ2n) is 5.50. The van der Waals surface area contributed by atoms with Crippen LogP contribution in [0, 0.1) is 6.92 Å². The molecule has 4 nitrogen and oxygen atoms in total. The third-order valence-corrected chi connectivity index (χ3v) is 5.91. The Morgan fingerprint density at radius 1 is 1.12 bits per heavy atom. The summed E-state index contributed by atoms with van der Waals surface area (Å²) < 4.78 is 33.2. The van der Waals surface area contributed by atoms with Crippen LogP contribution in [0.1, 0.15) is 11.1 Å². The number of hydrogen-bond donors (Lipinski definition) is 1. The molecule has 24 heavy (non-hydrogen) atoms. The van der Waals surface area contributed by atoms with Crippen molar-refractivity contribution in [3.8, 4) is 0 Å². The Hall–Kier alpha value is -1.11. The van der Waals surface area contributed by atoms with Crippen molar-refractivity contribution < 1.29 is 13.2 Å². The topological polar surface area (TPSA) is 55.4 Å². The number of methoxy groups -OCH3 is 1. The summed E-state index contributed by atoms with van der Waals surface area (Å²) in [7, 11) is -2.26. The van der Waals surface area contributed by atoms with E-state index in [9.17, 15) is 8.42 Å². The molecule has 0 amide bonds.